The number of nitrogens with zero attached hydrogens (tertiary/aromatic N) is 2. The van der Waals surface area contributed by atoms with Crippen LogP contribution in [-0.4, -0.2) is 29.9 Å². The molecule has 9 heteroatoms. The van der Waals surface area contributed by atoms with Gasteiger partial charge in [-0.1, -0.05) is 51.1 Å². The average Bonchev–Trinajstić information content (AvgIpc) is 2.60. The van der Waals surface area contributed by atoms with Crippen LogP contribution < -0.4 is 10.2 Å². The first-order valence-corrected chi connectivity index (χ1v) is 11.2. The van der Waals surface area contributed by atoms with E-state index in [-0.39, 0.29) is 32.8 Å². The summed E-state index contributed by atoms with van der Waals surface area (Å²) in [7, 11) is -3.91. The van der Waals surface area contributed by atoms with Crippen LogP contribution in [0.2, 0.25) is 0 Å². The van der Waals surface area contributed by atoms with Crippen LogP contribution in [0, 0.1) is 5.82 Å². The van der Waals surface area contributed by atoms with Gasteiger partial charge in [0.25, 0.3) is 10.0 Å². The van der Waals surface area contributed by atoms with E-state index in [1.165, 1.54) is 17.7 Å². The summed E-state index contributed by atoms with van der Waals surface area (Å²) in [4.78, 5) is 1.65. The third kappa shape index (κ3) is 6.12. The Kier molecular flexibility index (Phi) is 6.87. The van der Waals surface area contributed by atoms with Crippen LogP contribution in [0.5, 0.6) is 0 Å². The van der Waals surface area contributed by atoms with E-state index in [4.69, 9.17) is 18.0 Å². The second kappa shape index (κ2) is 8.64. The third-order valence-electron chi connectivity index (χ3n) is 4.44. The molecule has 29 heavy (non-hydrogen) atoms. The van der Waals surface area contributed by atoms with Crippen molar-refractivity contribution in [3.8, 4) is 0 Å². The second-order valence-corrected chi connectivity index (χ2v) is 10.2. The van der Waals surface area contributed by atoms with Crippen LogP contribution >= 0.6 is 12.2 Å². The predicted molar refractivity (Wildman–Crippen MR) is 117 cm³/mol. The Labute approximate surface area is 176 Å². The zero-order valence-corrected chi connectivity index (χ0v) is 18.5. The summed E-state index contributed by atoms with van der Waals surface area (Å²) in [5.74, 6) is -0.672. The maximum absolute atomic E-state index is 14.5. The molecule has 0 amide bonds. The highest BCUT2D eigenvalue weighted by atomic mass is 32.2. The van der Waals surface area contributed by atoms with Gasteiger partial charge in [-0.2, -0.15) is 0 Å². The third-order valence-corrected chi connectivity index (χ3v) is 5.54. The molecule has 2 rings (SSSR count). The SMILES string of the molecule is CC(C)(C)c1ccc(CN(Cc2ccc(N(O)S(C)(=O)=O)cc2F)C(N)=S)cc1. The summed E-state index contributed by atoms with van der Waals surface area (Å²) in [6, 6.07) is 11.7. The van der Waals surface area contributed by atoms with E-state index in [2.05, 4.69) is 20.8 Å². The summed E-state index contributed by atoms with van der Waals surface area (Å²) in [6.07, 6.45) is 0.818. The molecule has 0 aliphatic carbocycles. The Balaban J connectivity index is 2.20. The molecule has 0 heterocycles. The van der Waals surface area contributed by atoms with E-state index in [9.17, 15) is 18.0 Å². The van der Waals surface area contributed by atoms with Crippen molar-refractivity contribution in [2.24, 2.45) is 5.73 Å². The molecule has 0 saturated carbocycles. The predicted octanol–water partition coefficient (Wildman–Crippen LogP) is 3.52. The molecule has 0 fully saturated rings. The van der Waals surface area contributed by atoms with Gasteiger partial charge in [-0.15, -0.1) is 4.47 Å². The van der Waals surface area contributed by atoms with E-state index < -0.39 is 15.8 Å². The van der Waals surface area contributed by atoms with Crippen LogP contribution in [0.4, 0.5) is 10.1 Å². The van der Waals surface area contributed by atoms with Crippen molar-refractivity contribution in [1.29, 1.82) is 0 Å². The number of hydrogen-bond acceptors (Lipinski definition) is 4. The quantitative estimate of drug-likeness (QED) is 0.529. The topological polar surface area (TPSA) is 86.9 Å². The number of halogens is 1. The Morgan fingerprint density at radius 1 is 1.14 bits per heavy atom. The van der Waals surface area contributed by atoms with Crippen LogP contribution in [0.25, 0.3) is 0 Å². The molecule has 0 aliphatic rings. The highest BCUT2D eigenvalue weighted by molar-refractivity contribution is 7.91. The molecule has 0 aromatic heterocycles. The highest BCUT2D eigenvalue weighted by Crippen LogP contribution is 2.24. The number of benzene rings is 2. The Morgan fingerprint density at radius 2 is 1.72 bits per heavy atom. The van der Waals surface area contributed by atoms with Crippen LogP contribution in [0.1, 0.15) is 37.5 Å². The van der Waals surface area contributed by atoms with Crippen LogP contribution in [-0.2, 0) is 28.5 Å². The lowest BCUT2D eigenvalue weighted by Crippen LogP contribution is -2.34. The largest absolute Gasteiger partial charge is 0.376 e. The van der Waals surface area contributed by atoms with Gasteiger partial charge in [0, 0.05) is 24.7 Å². The van der Waals surface area contributed by atoms with E-state index in [1.54, 1.807) is 4.90 Å². The van der Waals surface area contributed by atoms with E-state index in [0.29, 0.717) is 6.54 Å². The molecule has 0 radical (unpaired) electrons. The van der Waals surface area contributed by atoms with Gasteiger partial charge >= 0.3 is 0 Å². The first-order chi connectivity index (χ1) is 13.3. The minimum absolute atomic E-state index is 0.0297. The van der Waals surface area contributed by atoms with Gasteiger partial charge in [0.05, 0.1) is 11.9 Å². The summed E-state index contributed by atoms with van der Waals surface area (Å²) < 4.78 is 37.3. The van der Waals surface area contributed by atoms with Crippen LogP contribution in [0.15, 0.2) is 42.5 Å². The van der Waals surface area contributed by atoms with E-state index in [0.717, 1.165) is 17.9 Å². The molecule has 158 valence electrons. The minimum Gasteiger partial charge on any atom is -0.376 e. The summed E-state index contributed by atoms with van der Waals surface area (Å²) in [5.41, 5.74) is 8.12. The van der Waals surface area contributed by atoms with Gasteiger partial charge < -0.3 is 10.6 Å². The molecule has 2 aromatic rings. The smallest absolute Gasteiger partial charge is 0.254 e. The van der Waals surface area contributed by atoms with E-state index in [1.807, 2.05) is 24.3 Å². The molecular weight excluding hydrogens is 413 g/mol. The molecule has 0 aliphatic heterocycles. The van der Waals surface area contributed by atoms with E-state index >= 15 is 0 Å². The monoisotopic (exact) mass is 439 g/mol. The van der Waals surface area contributed by atoms with Crippen molar-refractivity contribution in [2.45, 2.75) is 39.3 Å². The Bertz CT molecular complexity index is 987. The molecule has 3 N–H and O–H groups in total. The fraction of sp³-hybridized carbons (Fsp3) is 0.350. The van der Waals surface area contributed by atoms with Gasteiger partial charge in [-0.3, -0.25) is 5.21 Å². The number of anilines is 1. The number of hydrogen-bond donors (Lipinski definition) is 2. The normalized spacial score (nSPS) is 11.9. The number of rotatable bonds is 6. The van der Waals surface area contributed by atoms with Gasteiger partial charge in [0.1, 0.15) is 5.82 Å². The summed E-state index contributed by atoms with van der Waals surface area (Å²) >= 11 is 5.11. The molecule has 2 aromatic carbocycles. The summed E-state index contributed by atoms with van der Waals surface area (Å²) in [5, 5.41) is 9.76. The minimum atomic E-state index is -3.91. The van der Waals surface area contributed by atoms with Gasteiger partial charge in [-0.05, 0) is 34.8 Å². The van der Waals surface area contributed by atoms with Crippen molar-refractivity contribution in [1.82, 2.24) is 4.90 Å². The lowest BCUT2D eigenvalue weighted by atomic mass is 9.87. The standard InChI is InChI=1S/C20H26FN3O3S2/c1-20(2,3)16-8-5-14(6-9-16)12-23(19(22)28)13-15-7-10-17(11-18(15)21)24(25)29(4,26)27/h5-11,25H,12-13H2,1-4H3,(H2,22,28). The maximum atomic E-state index is 14.5. The van der Waals surface area contributed by atoms with Crippen LogP contribution in [0.3, 0.4) is 0 Å². The van der Waals surface area contributed by atoms with Crippen molar-refractivity contribution < 1.29 is 18.0 Å². The first kappa shape index (κ1) is 23.1. The van der Waals surface area contributed by atoms with Crippen molar-refractivity contribution in [2.75, 3.05) is 10.7 Å². The second-order valence-electron chi connectivity index (χ2n) is 7.92. The van der Waals surface area contributed by atoms with Gasteiger partial charge in [-0.25, -0.2) is 12.8 Å². The fourth-order valence-corrected chi connectivity index (χ4v) is 3.35. The van der Waals surface area contributed by atoms with Crippen molar-refractivity contribution >= 4 is 33.0 Å². The Morgan fingerprint density at radius 3 is 2.17 bits per heavy atom. The molecule has 6 nitrogen and oxygen atoms in total. The first-order valence-electron chi connectivity index (χ1n) is 8.90. The molecule has 0 saturated heterocycles. The lowest BCUT2D eigenvalue weighted by molar-refractivity contribution is 0.316. The zero-order valence-electron chi connectivity index (χ0n) is 16.9. The molecular formula is C20H26FN3O3S2. The Hall–Kier alpha value is -2.23. The zero-order chi connectivity index (χ0) is 22.0. The lowest BCUT2D eigenvalue weighted by Gasteiger charge is -2.25. The maximum Gasteiger partial charge on any atom is 0.254 e. The van der Waals surface area contributed by atoms with Gasteiger partial charge in [0.15, 0.2) is 5.11 Å². The molecule has 0 spiro atoms. The molecule has 0 unspecified atom stereocenters. The molecule has 0 bridgehead atoms. The summed E-state index contributed by atoms with van der Waals surface area (Å²) in [6.45, 7) is 6.90. The van der Waals surface area contributed by atoms with Gasteiger partial charge in [0.2, 0.25) is 0 Å². The number of sulfonamides is 1. The fourth-order valence-electron chi connectivity index (χ4n) is 2.72. The highest BCUT2D eigenvalue weighted by Gasteiger charge is 2.18. The van der Waals surface area contributed by atoms with Crippen molar-refractivity contribution in [3.63, 3.8) is 0 Å². The molecule has 0 atom stereocenters. The van der Waals surface area contributed by atoms with Crippen molar-refractivity contribution in [3.05, 3.63) is 65.0 Å². The number of nitrogens with two attached hydrogens (primary N) is 1. The average molecular weight is 440 g/mol. The number of thiocarbonyl (C=S) groups is 1.